The van der Waals surface area contributed by atoms with Crippen LogP contribution < -0.4 is 5.32 Å². The first-order valence-corrected chi connectivity index (χ1v) is 9.48. The quantitative estimate of drug-likeness (QED) is 0.500. The van der Waals surface area contributed by atoms with Gasteiger partial charge in [0.25, 0.3) is 5.91 Å². The van der Waals surface area contributed by atoms with E-state index in [4.69, 9.17) is 16.0 Å². The van der Waals surface area contributed by atoms with Gasteiger partial charge in [0.05, 0.1) is 24.0 Å². The number of hydrogen-bond acceptors (Lipinski definition) is 4. The Bertz CT molecular complexity index is 1150. The molecule has 7 heteroatoms. The van der Waals surface area contributed by atoms with E-state index in [9.17, 15) is 4.79 Å². The Balaban J connectivity index is 1.55. The SMILES string of the molecule is Cc1ccc(Cn2nc(C)c(C(=O)Nc3cccc(-c4cnco4)c3)c2Cl)cc1. The van der Waals surface area contributed by atoms with Crippen LogP contribution in [0.25, 0.3) is 11.3 Å². The Morgan fingerprint density at radius 2 is 1.97 bits per heavy atom. The molecule has 6 nitrogen and oxygen atoms in total. The first-order valence-electron chi connectivity index (χ1n) is 9.10. The van der Waals surface area contributed by atoms with E-state index < -0.39 is 0 Å². The molecule has 0 saturated heterocycles. The monoisotopic (exact) mass is 406 g/mol. The molecule has 0 aliphatic carbocycles. The predicted molar refractivity (Wildman–Crippen MR) is 112 cm³/mol. The van der Waals surface area contributed by atoms with Crippen LogP contribution >= 0.6 is 11.6 Å². The van der Waals surface area contributed by atoms with E-state index >= 15 is 0 Å². The number of aromatic nitrogens is 3. The minimum Gasteiger partial charge on any atom is -0.444 e. The van der Waals surface area contributed by atoms with Gasteiger partial charge in [-0.05, 0) is 31.5 Å². The minimum atomic E-state index is -0.308. The normalized spacial score (nSPS) is 10.9. The molecule has 0 fully saturated rings. The summed E-state index contributed by atoms with van der Waals surface area (Å²) in [5.74, 6) is 0.318. The van der Waals surface area contributed by atoms with Gasteiger partial charge >= 0.3 is 0 Å². The number of hydrogen-bond donors (Lipinski definition) is 1. The van der Waals surface area contributed by atoms with Gasteiger partial charge in [0.2, 0.25) is 0 Å². The van der Waals surface area contributed by atoms with Crippen molar-refractivity contribution in [3.05, 3.63) is 88.7 Å². The molecule has 0 saturated carbocycles. The molecular formula is C22H19ClN4O2. The lowest BCUT2D eigenvalue weighted by Gasteiger charge is -2.07. The molecule has 4 rings (SSSR count). The van der Waals surface area contributed by atoms with Crippen LogP contribution in [-0.2, 0) is 6.54 Å². The molecule has 2 aromatic heterocycles. The third-order valence-electron chi connectivity index (χ3n) is 4.58. The van der Waals surface area contributed by atoms with Gasteiger partial charge in [-0.1, -0.05) is 53.6 Å². The second kappa shape index (κ2) is 7.93. The topological polar surface area (TPSA) is 73.0 Å². The Morgan fingerprint density at radius 1 is 1.17 bits per heavy atom. The number of halogens is 1. The smallest absolute Gasteiger partial charge is 0.260 e. The molecule has 1 N–H and O–H groups in total. The van der Waals surface area contributed by atoms with Crippen LogP contribution in [0.3, 0.4) is 0 Å². The minimum absolute atomic E-state index is 0.308. The van der Waals surface area contributed by atoms with Crippen LogP contribution in [0.15, 0.2) is 65.5 Å². The van der Waals surface area contributed by atoms with E-state index in [-0.39, 0.29) is 5.91 Å². The number of amides is 1. The molecule has 2 heterocycles. The zero-order chi connectivity index (χ0) is 20.4. The zero-order valence-electron chi connectivity index (χ0n) is 16.0. The lowest BCUT2D eigenvalue weighted by molar-refractivity contribution is 0.102. The molecule has 0 radical (unpaired) electrons. The molecule has 1 amide bonds. The van der Waals surface area contributed by atoms with Crippen LogP contribution in [0.4, 0.5) is 5.69 Å². The fourth-order valence-corrected chi connectivity index (χ4v) is 3.40. The second-order valence-corrected chi connectivity index (χ2v) is 7.15. The third kappa shape index (κ3) is 4.07. The van der Waals surface area contributed by atoms with Crippen molar-refractivity contribution in [3.8, 4) is 11.3 Å². The van der Waals surface area contributed by atoms with Crippen LogP contribution in [0.2, 0.25) is 5.15 Å². The summed E-state index contributed by atoms with van der Waals surface area (Å²) in [5, 5.41) is 7.65. The van der Waals surface area contributed by atoms with Gasteiger partial charge in [-0.25, -0.2) is 9.67 Å². The van der Waals surface area contributed by atoms with Crippen molar-refractivity contribution in [2.45, 2.75) is 20.4 Å². The van der Waals surface area contributed by atoms with E-state index in [1.807, 2.05) is 49.4 Å². The number of nitrogens with zero attached hydrogens (tertiary/aromatic N) is 3. The zero-order valence-corrected chi connectivity index (χ0v) is 16.8. The number of aryl methyl sites for hydroxylation is 2. The maximum absolute atomic E-state index is 12.9. The second-order valence-electron chi connectivity index (χ2n) is 6.80. The average molecular weight is 407 g/mol. The summed E-state index contributed by atoms with van der Waals surface area (Å²) in [7, 11) is 0. The Morgan fingerprint density at radius 3 is 2.69 bits per heavy atom. The van der Waals surface area contributed by atoms with Gasteiger partial charge in [-0.15, -0.1) is 0 Å². The van der Waals surface area contributed by atoms with Crippen molar-refractivity contribution in [3.63, 3.8) is 0 Å². The number of carbonyl (C=O) groups is 1. The molecule has 4 aromatic rings. The first-order chi connectivity index (χ1) is 14.0. The number of nitrogens with one attached hydrogen (secondary N) is 1. The number of anilines is 1. The van der Waals surface area contributed by atoms with Crippen molar-refractivity contribution in [1.82, 2.24) is 14.8 Å². The summed E-state index contributed by atoms with van der Waals surface area (Å²) in [6.45, 7) is 4.31. The van der Waals surface area contributed by atoms with Crippen molar-refractivity contribution in [1.29, 1.82) is 0 Å². The lowest BCUT2D eigenvalue weighted by Crippen LogP contribution is -2.13. The maximum Gasteiger partial charge on any atom is 0.260 e. The Kier molecular flexibility index (Phi) is 5.18. The molecule has 2 aromatic carbocycles. The van der Waals surface area contributed by atoms with Crippen LogP contribution in [-0.4, -0.2) is 20.7 Å². The van der Waals surface area contributed by atoms with Crippen molar-refractivity contribution < 1.29 is 9.21 Å². The highest BCUT2D eigenvalue weighted by molar-refractivity contribution is 6.33. The molecule has 0 bridgehead atoms. The summed E-state index contributed by atoms with van der Waals surface area (Å²) in [6.07, 6.45) is 2.99. The first kappa shape index (κ1) is 19.0. The highest BCUT2D eigenvalue weighted by Gasteiger charge is 2.21. The highest BCUT2D eigenvalue weighted by Crippen LogP contribution is 2.25. The van der Waals surface area contributed by atoms with E-state index in [2.05, 4.69) is 15.4 Å². The fourth-order valence-electron chi connectivity index (χ4n) is 3.08. The summed E-state index contributed by atoms with van der Waals surface area (Å²) in [6, 6.07) is 15.5. The lowest BCUT2D eigenvalue weighted by atomic mass is 10.1. The van der Waals surface area contributed by atoms with Gasteiger partial charge in [0.15, 0.2) is 12.2 Å². The average Bonchev–Trinajstić information content (AvgIpc) is 3.33. The van der Waals surface area contributed by atoms with E-state index in [0.29, 0.717) is 34.4 Å². The van der Waals surface area contributed by atoms with Gasteiger partial charge < -0.3 is 9.73 Å². The third-order valence-corrected chi connectivity index (χ3v) is 4.97. The summed E-state index contributed by atoms with van der Waals surface area (Å²) >= 11 is 6.50. The van der Waals surface area contributed by atoms with Crippen molar-refractivity contribution in [2.24, 2.45) is 0 Å². The number of benzene rings is 2. The van der Waals surface area contributed by atoms with Gasteiger partial charge in [-0.3, -0.25) is 4.79 Å². The Labute approximate surface area is 173 Å². The molecule has 146 valence electrons. The molecule has 0 atom stereocenters. The molecule has 0 aliphatic heterocycles. The molecule has 29 heavy (non-hydrogen) atoms. The standard InChI is InChI=1S/C22H19ClN4O2/c1-14-6-8-16(9-7-14)12-27-21(23)20(15(2)26-27)22(28)25-18-5-3-4-17(10-18)19-11-24-13-29-19/h3-11,13H,12H2,1-2H3,(H,25,28). The summed E-state index contributed by atoms with van der Waals surface area (Å²) in [4.78, 5) is 16.8. The van der Waals surface area contributed by atoms with E-state index in [1.165, 1.54) is 12.0 Å². The number of carbonyl (C=O) groups excluding carboxylic acids is 1. The molecule has 0 spiro atoms. The van der Waals surface area contributed by atoms with Crippen molar-refractivity contribution in [2.75, 3.05) is 5.32 Å². The summed E-state index contributed by atoms with van der Waals surface area (Å²) in [5.41, 5.74) is 4.63. The molecule has 0 unspecified atom stereocenters. The fraction of sp³-hybridized carbons (Fsp3) is 0.136. The van der Waals surface area contributed by atoms with Gasteiger partial charge in [0.1, 0.15) is 5.15 Å². The predicted octanol–water partition coefficient (Wildman–Crippen LogP) is 5.11. The number of oxazole rings is 1. The summed E-state index contributed by atoms with van der Waals surface area (Å²) < 4.78 is 6.95. The van der Waals surface area contributed by atoms with E-state index in [1.54, 1.807) is 23.9 Å². The molecule has 0 aliphatic rings. The van der Waals surface area contributed by atoms with Gasteiger partial charge in [-0.2, -0.15) is 5.10 Å². The molecular weight excluding hydrogens is 388 g/mol. The van der Waals surface area contributed by atoms with Crippen LogP contribution in [0, 0.1) is 13.8 Å². The van der Waals surface area contributed by atoms with Crippen molar-refractivity contribution >= 4 is 23.2 Å². The van der Waals surface area contributed by atoms with Crippen LogP contribution in [0.1, 0.15) is 27.2 Å². The largest absolute Gasteiger partial charge is 0.444 e. The van der Waals surface area contributed by atoms with E-state index in [0.717, 1.165) is 11.1 Å². The highest BCUT2D eigenvalue weighted by atomic mass is 35.5. The Hall–Kier alpha value is -3.38. The maximum atomic E-state index is 12.9. The van der Waals surface area contributed by atoms with Gasteiger partial charge in [0, 0.05) is 11.3 Å². The number of rotatable bonds is 5. The van der Waals surface area contributed by atoms with Crippen LogP contribution in [0.5, 0.6) is 0 Å².